The standard InChI is InChI=1S/C18H24N2O7S/c1-25-15-7-4-12(9-16(15)28(23,24)20-13-5-6-13)18(22)27-11-17(21)19-10-14-3-2-8-26-14/h4,7,9,13-14,20H,2-3,5-6,8,10-11H2,1H3,(H,19,21). The normalized spacial score (nSPS) is 19.2. The number of carbonyl (C=O) groups excluding carboxylic acids is 2. The van der Waals surface area contributed by atoms with Crippen LogP contribution >= 0.6 is 0 Å². The number of methoxy groups -OCH3 is 1. The van der Waals surface area contributed by atoms with E-state index in [4.69, 9.17) is 14.2 Å². The van der Waals surface area contributed by atoms with Crippen LogP contribution in [-0.4, -0.2) is 59.3 Å². The second-order valence-corrected chi connectivity index (χ2v) is 8.46. The van der Waals surface area contributed by atoms with Gasteiger partial charge in [-0.1, -0.05) is 0 Å². The Labute approximate surface area is 163 Å². The van der Waals surface area contributed by atoms with Crippen LogP contribution in [0.25, 0.3) is 0 Å². The van der Waals surface area contributed by atoms with Gasteiger partial charge in [0.1, 0.15) is 10.6 Å². The highest BCUT2D eigenvalue weighted by Gasteiger charge is 2.30. The van der Waals surface area contributed by atoms with Crippen LogP contribution in [-0.2, 0) is 24.3 Å². The fourth-order valence-corrected chi connectivity index (χ4v) is 4.30. The van der Waals surface area contributed by atoms with E-state index in [0.29, 0.717) is 13.2 Å². The molecule has 28 heavy (non-hydrogen) atoms. The lowest BCUT2D eigenvalue weighted by molar-refractivity contribution is -0.124. The summed E-state index contributed by atoms with van der Waals surface area (Å²) in [5.41, 5.74) is 0.0175. The van der Waals surface area contributed by atoms with Crippen molar-refractivity contribution in [3.63, 3.8) is 0 Å². The summed E-state index contributed by atoms with van der Waals surface area (Å²) >= 11 is 0. The maximum Gasteiger partial charge on any atom is 0.338 e. The van der Waals surface area contributed by atoms with Gasteiger partial charge in [-0.05, 0) is 43.9 Å². The molecule has 2 N–H and O–H groups in total. The molecule has 1 atom stereocenters. The minimum absolute atomic E-state index is 0.00651. The molecule has 1 aromatic carbocycles. The smallest absolute Gasteiger partial charge is 0.338 e. The van der Waals surface area contributed by atoms with Gasteiger partial charge in [-0.2, -0.15) is 0 Å². The zero-order valence-electron chi connectivity index (χ0n) is 15.6. The van der Waals surface area contributed by atoms with Crippen molar-refractivity contribution in [2.45, 2.75) is 42.7 Å². The third kappa shape index (κ3) is 5.43. The highest BCUT2D eigenvalue weighted by Crippen LogP contribution is 2.28. The van der Waals surface area contributed by atoms with E-state index in [1.54, 1.807) is 0 Å². The van der Waals surface area contributed by atoms with Crippen molar-refractivity contribution in [2.75, 3.05) is 26.9 Å². The highest BCUT2D eigenvalue weighted by atomic mass is 32.2. The number of amides is 1. The van der Waals surface area contributed by atoms with Gasteiger partial charge in [-0.3, -0.25) is 4.79 Å². The molecule has 2 aliphatic rings. The molecule has 0 spiro atoms. The van der Waals surface area contributed by atoms with Gasteiger partial charge >= 0.3 is 5.97 Å². The largest absolute Gasteiger partial charge is 0.495 e. The fraction of sp³-hybridized carbons (Fsp3) is 0.556. The molecule has 1 heterocycles. The van der Waals surface area contributed by atoms with Crippen LogP contribution in [0.5, 0.6) is 5.75 Å². The second-order valence-electron chi connectivity index (χ2n) is 6.78. The van der Waals surface area contributed by atoms with Crippen molar-refractivity contribution in [2.24, 2.45) is 0 Å². The van der Waals surface area contributed by atoms with Crippen molar-refractivity contribution < 1.29 is 32.2 Å². The van der Waals surface area contributed by atoms with Gasteiger partial charge in [0.25, 0.3) is 5.91 Å². The van der Waals surface area contributed by atoms with Crippen molar-refractivity contribution in [3.05, 3.63) is 23.8 Å². The monoisotopic (exact) mass is 412 g/mol. The van der Waals surface area contributed by atoms with Gasteiger partial charge in [0.15, 0.2) is 6.61 Å². The number of hydrogen-bond acceptors (Lipinski definition) is 7. The number of ether oxygens (including phenoxy) is 3. The predicted octanol–water partition coefficient (Wildman–Crippen LogP) is 0.588. The van der Waals surface area contributed by atoms with Crippen molar-refractivity contribution in [1.29, 1.82) is 0 Å². The quantitative estimate of drug-likeness (QED) is 0.570. The summed E-state index contributed by atoms with van der Waals surface area (Å²) in [6.07, 6.45) is 3.41. The molecule has 1 saturated carbocycles. The van der Waals surface area contributed by atoms with Gasteiger partial charge in [-0.15, -0.1) is 0 Å². The van der Waals surface area contributed by atoms with E-state index in [2.05, 4.69) is 10.0 Å². The van der Waals surface area contributed by atoms with E-state index in [1.807, 2.05) is 0 Å². The van der Waals surface area contributed by atoms with Crippen LogP contribution in [0.2, 0.25) is 0 Å². The lowest BCUT2D eigenvalue weighted by Gasteiger charge is -2.13. The second kappa shape index (κ2) is 8.89. The lowest BCUT2D eigenvalue weighted by atomic mass is 10.2. The summed E-state index contributed by atoms with van der Waals surface area (Å²) in [7, 11) is -2.47. The molecule has 0 aromatic heterocycles. The molecule has 1 amide bonds. The molecular weight excluding hydrogens is 388 g/mol. The molecule has 2 fully saturated rings. The lowest BCUT2D eigenvalue weighted by Crippen LogP contribution is -2.34. The number of nitrogens with one attached hydrogen (secondary N) is 2. The average molecular weight is 412 g/mol. The summed E-state index contributed by atoms with van der Waals surface area (Å²) in [5.74, 6) is -1.11. The van der Waals surface area contributed by atoms with E-state index in [9.17, 15) is 18.0 Å². The number of hydrogen-bond donors (Lipinski definition) is 2. The van der Waals surface area contributed by atoms with E-state index in [0.717, 1.165) is 25.7 Å². The van der Waals surface area contributed by atoms with Crippen molar-refractivity contribution in [3.8, 4) is 5.75 Å². The predicted molar refractivity (Wildman–Crippen MR) is 98.6 cm³/mol. The first-order valence-electron chi connectivity index (χ1n) is 9.15. The van der Waals surface area contributed by atoms with Crippen LogP contribution < -0.4 is 14.8 Å². The van der Waals surface area contributed by atoms with E-state index in [1.165, 1.54) is 25.3 Å². The van der Waals surface area contributed by atoms with Crippen molar-refractivity contribution >= 4 is 21.9 Å². The minimum Gasteiger partial charge on any atom is -0.495 e. The summed E-state index contributed by atoms with van der Waals surface area (Å²) in [6, 6.07) is 3.88. The van der Waals surface area contributed by atoms with Gasteiger partial charge in [-0.25, -0.2) is 17.9 Å². The average Bonchev–Trinajstić information content (AvgIpc) is 3.32. The molecule has 0 bridgehead atoms. The molecule has 1 unspecified atom stereocenters. The van der Waals surface area contributed by atoms with Crippen LogP contribution in [0.3, 0.4) is 0 Å². The maximum atomic E-state index is 12.5. The van der Waals surface area contributed by atoms with Gasteiger partial charge in [0.05, 0.1) is 18.8 Å². The molecule has 1 saturated heterocycles. The molecule has 10 heteroatoms. The van der Waals surface area contributed by atoms with E-state index < -0.39 is 28.5 Å². The summed E-state index contributed by atoms with van der Waals surface area (Å²) in [6.45, 7) is 0.599. The van der Waals surface area contributed by atoms with Crippen LogP contribution in [0.4, 0.5) is 0 Å². The Morgan fingerprint density at radius 3 is 2.68 bits per heavy atom. The summed E-state index contributed by atoms with van der Waals surface area (Å²) in [4.78, 5) is 23.9. The maximum absolute atomic E-state index is 12.5. The zero-order valence-corrected chi connectivity index (χ0v) is 16.4. The van der Waals surface area contributed by atoms with E-state index >= 15 is 0 Å². The third-order valence-electron chi connectivity index (χ3n) is 4.47. The van der Waals surface area contributed by atoms with Gasteiger partial charge in [0, 0.05) is 19.2 Å². The first-order valence-corrected chi connectivity index (χ1v) is 10.6. The molecular formula is C18H24N2O7S. The molecule has 1 aliphatic carbocycles. The first kappa shape index (κ1) is 20.6. The molecule has 1 aromatic rings. The van der Waals surface area contributed by atoms with Gasteiger partial charge in [0.2, 0.25) is 10.0 Å². The van der Waals surface area contributed by atoms with Gasteiger partial charge < -0.3 is 19.5 Å². The zero-order chi connectivity index (χ0) is 20.1. The molecule has 3 rings (SSSR count). The Kier molecular flexibility index (Phi) is 6.53. The molecule has 154 valence electrons. The Morgan fingerprint density at radius 2 is 2.04 bits per heavy atom. The Bertz CT molecular complexity index is 830. The molecule has 0 radical (unpaired) electrons. The number of sulfonamides is 1. The van der Waals surface area contributed by atoms with E-state index in [-0.39, 0.29) is 28.4 Å². The fourth-order valence-electron chi connectivity index (χ4n) is 2.80. The Balaban J connectivity index is 1.59. The third-order valence-corrected chi connectivity index (χ3v) is 6.01. The van der Waals surface area contributed by atoms with Crippen LogP contribution in [0.15, 0.2) is 23.1 Å². The Hall–Kier alpha value is -2.17. The van der Waals surface area contributed by atoms with Crippen LogP contribution in [0, 0.1) is 0 Å². The molecule has 1 aliphatic heterocycles. The van der Waals surface area contributed by atoms with Crippen LogP contribution in [0.1, 0.15) is 36.0 Å². The summed E-state index contributed by atoms with van der Waals surface area (Å²) in [5, 5.41) is 2.65. The highest BCUT2D eigenvalue weighted by molar-refractivity contribution is 7.89. The number of benzene rings is 1. The number of carbonyl (C=O) groups is 2. The number of rotatable bonds is 9. The topological polar surface area (TPSA) is 120 Å². The number of esters is 1. The SMILES string of the molecule is COc1ccc(C(=O)OCC(=O)NCC2CCCO2)cc1S(=O)(=O)NC1CC1. The molecule has 9 nitrogen and oxygen atoms in total. The Morgan fingerprint density at radius 1 is 1.25 bits per heavy atom. The first-order chi connectivity index (χ1) is 13.4. The van der Waals surface area contributed by atoms with Crippen molar-refractivity contribution in [1.82, 2.24) is 10.0 Å². The minimum atomic E-state index is -3.82. The summed E-state index contributed by atoms with van der Waals surface area (Å²) < 4.78 is 43.0.